The number of nitrogens with zero attached hydrogens (tertiary/aromatic N) is 1. The van der Waals surface area contributed by atoms with Gasteiger partial charge in [0.05, 0.1) is 0 Å². The summed E-state index contributed by atoms with van der Waals surface area (Å²) >= 11 is 0. The second-order valence-corrected chi connectivity index (χ2v) is 5.27. The summed E-state index contributed by atoms with van der Waals surface area (Å²) in [6, 6.07) is 15.4. The van der Waals surface area contributed by atoms with Crippen molar-refractivity contribution in [3.63, 3.8) is 0 Å². The fourth-order valence-electron chi connectivity index (χ4n) is 2.61. The Morgan fingerprint density at radius 1 is 0.864 bits per heavy atom. The summed E-state index contributed by atoms with van der Waals surface area (Å²) in [6.45, 7) is 0. The maximum atomic E-state index is 7.54. The maximum absolute atomic E-state index is 7.54. The fourth-order valence-corrected chi connectivity index (χ4v) is 2.61. The molecule has 1 heterocycles. The predicted octanol–water partition coefficient (Wildman–Crippen LogP) is 2.41. The molecule has 0 spiro atoms. The molecule has 3 rings (SSSR count). The molecule has 6 N–H and O–H groups in total. The minimum absolute atomic E-state index is 0.0645. The monoisotopic (exact) mass is 291 g/mol. The molecule has 0 saturated carbocycles. The van der Waals surface area contributed by atoms with E-state index in [9.17, 15) is 0 Å². The number of benzene rings is 2. The Hall–Kier alpha value is -3.08. The van der Waals surface area contributed by atoms with Gasteiger partial charge in [-0.2, -0.15) is 0 Å². The van der Waals surface area contributed by atoms with Gasteiger partial charge >= 0.3 is 0 Å². The van der Waals surface area contributed by atoms with E-state index in [1.54, 1.807) is 0 Å². The van der Waals surface area contributed by atoms with E-state index in [0.717, 1.165) is 27.7 Å². The predicted molar refractivity (Wildman–Crippen MR) is 90.4 cm³/mol. The van der Waals surface area contributed by atoms with Gasteiger partial charge < -0.3 is 16.0 Å². The molecule has 3 aromatic rings. The van der Waals surface area contributed by atoms with Crippen LogP contribution >= 0.6 is 0 Å². The summed E-state index contributed by atoms with van der Waals surface area (Å²) in [5, 5.41) is 16.0. The highest BCUT2D eigenvalue weighted by Crippen LogP contribution is 2.28. The number of aromatic nitrogens is 1. The molecule has 0 radical (unpaired) electrons. The molecule has 0 fully saturated rings. The van der Waals surface area contributed by atoms with Crippen molar-refractivity contribution in [3.05, 3.63) is 59.7 Å². The number of amidine groups is 2. The zero-order valence-electron chi connectivity index (χ0n) is 12.2. The Morgan fingerprint density at radius 2 is 1.45 bits per heavy atom. The molecule has 0 bridgehead atoms. The average molecular weight is 291 g/mol. The van der Waals surface area contributed by atoms with Gasteiger partial charge in [0, 0.05) is 34.8 Å². The first kappa shape index (κ1) is 13.9. The van der Waals surface area contributed by atoms with Gasteiger partial charge in [-0.05, 0) is 29.8 Å². The summed E-state index contributed by atoms with van der Waals surface area (Å²) < 4.78 is 2.10. The Kier molecular flexibility index (Phi) is 3.18. The number of fused-ring (bicyclic) bond motifs is 1. The largest absolute Gasteiger partial charge is 0.384 e. The van der Waals surface area contributed by atoms with Gasteiger partial charge in [-0.1, -0.05) is 24.3 Å². The first-order chi connectivity index (χ1) is 10.5. The minimum atomic E-state index is 0.0645. The Morgan fingerprint density at radius 3 is 2.05 bits per heavy atom. The summed E-state index contributed by atoms with van der Waals surface area (Å²) in [7, 11) is 2.00. The molecule has 1 aromatic heterocycles. The molecular weight excluding hydrogens is 274 g/mol. The van der Waals surface area contributed by atoms with Crippen molar-refractivity contribution in [3.8, 4) is 11.3 Å². The van der Waals surface area contributed by atoms with Crippen molar-refractivity contribution in [2.45, 2.75) is 0 Å². The molecule has 0 saturated heterocycles. The molecule has 5 nitrogen and oxygen atoms in total. The summed E-state index contributed by atoms with van der Waals surface area (Å²) in [6.07, 6.45) is 0. The molecule has 0 atom stereocenters. The SMILES string of the molecule is Cn1c(-c2ccc(C(=N)N)cc2)cc2cc(C(=N)N)ccc21. The maximum Gasteiger partial charge on any atom is 0.122 e. The van der Waals surface area contributed by atoms with Gasteiger partial charge in [0.25, 0.3) is 0 Å². The van der Waals surface area contributed by atoms with Crippen molar-refractivity contribution in [2.75, 3.05) is 0 Å². The Balaban J connectivity index is 2.12. The second kappa shape index (κ2) is 5.04. The molecule has 0 amide bonds. The van der Waals surface area contributed by atoms with E-state index < -0.39 is 0 Å². The van der Waals surface area contributed by atoms with Gasteiger partial charge in [-0.15, -0.1) is 0 Å². The van der Waals surface area contributed by atoms with Crippen LogP contribution in [-0.4, -0.2) is 16.2 Å². The lowest BCUT2D eigenvalue weighted by molar-refractivity contribution is 0.978. The molecule has 110 valence electrons. The lowest BCUT2D eigenvalue weighted by Gasteiger charge is -2.06. The van der Waals surface area contributed by atoms with Gasteiger partial charge in [-0.3, -0.25) is 10.8 Å². The molecule has 2 aromatic carbocycles. The van der Waals surface area contributed by atoms with E-state index in [1.165, 1.54) is 0 Å². The van der Waals surface area contributed by atoms with Gasteiger partial charge in [0.1, 0.15) is 11.7 Å². The van der Waals surface area contributed by atoms with Crippen LogP contribution in [0.25, 0.3) is 22.2 Å². The first-order valence-corrected chi connectivity index (χ1v) is 6.86. The molecule has 22 heavy (non-hydrogen) atoms. The van der Waals surface area contributed by atoms with Crippen LogP contribution in [0.4, 0.5) is 0 Å². The number of aryl methyl sites for hydroxylation is 1. The number of nitrogens with one attached hydrogen (secondary N) is 2. The van der Waals surface area contributed by atoms with Crippen LogP contribution in [-0.2, 0) is 7.05 Å². The van der Waals surface area contributed by atoms with Crippen molar-refractivity contribution < 1.29 is 0 Å². The van der Waals surface area contributed by atoms with Crippen LogP contribution < -0.4 is 11.5 Å². The topological polar surface area (TPSA) is 105 Å². The molecule has 0 aliphatic heterocycles. The lowest BCUT2D eigenvalue weighted by atomic mass is 10.1. The van der Waals surface area contributed by atoms with Crippen molar-refractivity contribution in [1.29, 1.82) is 10.8 Å². The summed E-state index contributed by atoms with van der Waals surface area (Å²) in [4.78, 5) is 0. The summed E-state index contributed by atoms with van der Waals surface area (Å²) in [5.41, 5.74) is 15.7. The van der Waals surface area contributed by atoms with E-state index in [2.05, 4.69) is 10.6 Å². The van der Waals surface area contributed by atoms with Crippen LogP contribution in [0.1, 0.15) is 11.1 Å². The normalized spacial score (nSPS) is 10.8. The third-order valence-corrected chi connectivity index (χ3v) is 3.85. The quantitative estimate of drug-likeness (QED) is 0.439. The molecule has 5 heteroatoms. The standard InChI is InChI=1S/C17H17N5/c1-22-14-7-6-12(17(20)21)8-13(14)9-15(22)10-2-4-11(5-3-10)16(18)19/h2-9H,1H3,(H3,18,19)(H3,20,21). The second-order valence-electron chi connectivity index (χ2n) is 5.27. The van der Waals surface area contributed by atoms with E-state index in [0.29, 0.717) is 5.56 Å². The van der Waals surface area contributed by atoms with Gasteiger partial charge in [0.15, 0.2) is 0 Å². The molecule has 0 unspecified atom stereocenters. The first-order valence-electron chi connectivity index (χ1n) is 6.86. The molecule has 0 aliphatic rings. The van der Waals surface area contributed by atoms with Crippen molar-refractivity contribution in [1.82, 2.24) is 4.57 Å². The zero-order valence-corrected chi connectivity index (χ0v) is 12.2. The fraction of sp³-hybridized carbons (Fsp3) is 0.0588. The number of hydrogen-bond donors (Lipinski definition) is 4. The van der Waals surface area contributed by atoms with Crippen molar-refractivity contribution >= 4 is 22.6 Å². The Labute approximate surface area is 128 Å². The van der Waals surface area contributed by atoms with E-state index in [-0.39, 0.29) is 11.7 Å². The molecular formula is C17H17N5. The highest BCUT2D eigenvalue weighted by Gasteiger charge is 2.09. The zero-order chi connectivity index (χ0) is 15.9. The van der Waals surface area contributed by atoms with Crippen LogP contribution in [0.3, 0.4) is 0 Å². The van der Waals surface area contributed by atoms with E-state index in [4.69, 9.17) is 22.3 Å². The van der Waals surface area contributed by atoms with E-state index >= 15 is 0 Å². The average Bonchev–Trinajstić information content (AvgIpc) is 2.84. The number of rotatable bonds is 3. The molecule has 0 aliphatic carbocycles. The lowest BCUT2D eigenvalue weighted by Crippen LogP contribution is -2.10. The highest BCUT2D eigenvalue weighted by molar-refractivity contribution is 6.00. The van der Waals surface area contributed by atoms with Crippen LogP contribution in [0.2, 0.25) is 0 Å². The van der Waals surface area contributed by atoms with Gasteiger partial charge in [-0.25, -0.2) is 0 Å². The Bertz CT molecular complexity index is 887. The number of hydrogen-bond acceptors (Lipinski definition) is 2. The highest BCUT2D eigenvalue weighted by atomic mass is 14.9. The van der Waals surface area contributed by atoms with E-state index in [1.807, 2.05) is 49.5 Å². The minimum Gasteiger partial charge on any atom is -0.384 e. The smallest absolute Gasteiger partial charge is 0.122 e. The van der Waals surface area contributed by atoms with Crippen LogP contribution in [0.15, 0.2) is 48.5 Å². The number of nitrogen functional groups attached to an aromatic ring is 2. The van der Waals surface area contributed by atoms with Crippen LogP contribution in [0.5, 0.6) is 0 Å². The van der Waals surface area contributed by atoms with Crippen molar-refractivity contribution in [2.24, 2.45) is 18.5 Å². The summed E-state index contributed by atoms with van der Waals surface area (Å²) in [5.74, 6) is 0.132. The number of nitrogens with two attached hydrogens (primary N) is 2. The van der Waals surface area contributed by atoms with Gasteiger partial charge in [0.2, 0.25) is 0 Å². The third-order valence-electron chi connectivity index (χ3n) is 3.85. The van der Waals surface area contributed by atoms with Crippen LogP contribution in [0, 0.1) is 10.8 Å². The third kappa shape index (κ3) is 2.22.